The van der Waals surface area contributed by atoms with Crippen molar-refractivity contribution in [1.29, 1.82) is 0 Å². The van der Waals surface area contributed by atoms with Crippen molar-refractivity contribution in [3.63, 3.8) is 0 Å². The van der Waals surface area contributed by atoms with Gasteiger partial charge in [0.15, 0.2) is 11.5 Å². The molecule has 1 aromatic carbocycles. The highest BCUT2D eigenvalue weighted by Crippen LogP contribution is 2.38. The fourth-order valence-electron chi connectivity index (χ4n) is 5.43. The Balaban J connectivity index is 1.23. The van der Waals surface area contributed by atoms with Crippen LogP contribution in [0.4, 0.5) is 11.5 Å². The molecule has 6 rings (SSSR count). The van der Waals surface area contributed by atoms with Crippen LogP contribution in [0.15, 0.2) is 67.9 Å². The van der Waals surface area contributed by atoms with Crippen LogP contribution in [0, 0.1) is 0 Å². The molecular weight excluding hydrogens is 540 g/mol. The molecular formula is C30H29ClN8O2. The maximum Gasteiger partial charge on any atom is 0.246 e. The number of amides is 1. The number of nitrogens with zero attached hydrogens (tertiary/aromatic N) is 7. The lowest BCUT2D eigenvalue weighted by atomic mass is 9.80. The van der Waals surface area contributed by atoms with E-state index in [-0.39, 0.29) is 17.4 Å². The Kier molecular flexibility index (Phi) is 6.78. The Morgan fingerprint density at radius 3 is 2.78 bits per heavy atom. The minimum absolute atomic E-state index is 0.0409. The number of anilines is 2. The van der Waals surface area contributed by atoms with E-state index in [2.05, 4.69) is 45.7 Å². The fourth-order valence-corrected chi connectivity index (χ4v) is 5.65. The number of imidazole rings is 1. The largest absolute Gasteiger partial charge is 0.454 e. The van der Waals surface area contributed by atoms with E-state index < -0.39 is 0 Å². The number of hydrogen-bond acceptors (Lipinski definition) is 8. The van der Waals surface area contributed by atoms with Crippen molar-refractivity contribution < 1.29 is 9.53 Å². The lowest BCUT2D eigenvalue weighted by Gasteiger charge is -2.45. The second-order valence-corrected chi connectivity index (χ2v) is 11.2. The minimum Gasteiger partial charge on any atom is -0.454 e. The van der Waals surface area contributed by atoms with E-state index in [9.17, 15) is 4.79 Å². The summed E-state index contributed by atoms with van der Waals surface area (Å²) in [6.45, 7) is 8.47. The second-order valence-electron chi connectivity index (χ2n) is 10.8. The third-order valence-electron chi connectivity index (χ3n) is 7.49. The van der Waals surface area contributed by atoms with Gasteiger partial charge in [0, 0.05) is 42.5 Å². The summed E-state index contributed by atoms with van der Waals surface area (Å²) in [5, 5.41) is 3.76. The summed E-state index contributed by atoms with van der Waals surface area (Å²) in [5.74, 6) is 1.76. The van der Waals surface area contributed by atoms with E-state index in [0.717, 1.165) is 40.9 Å². The normalized spacial score (nSPS) is 16.6. The zero-order valence-electron chi connectivity index (χ0n) is 23.0. The van der Waals surface area contributed by atoms with E-state index in [1.54, 1.807) is 24.7 Å². The van der Waals surface area contributed by atoms with Gasteiger partial charge in [0.2, 0.25) is 5.91 Å². The van der Waals surface area contributed by atoms with E-state index in [1.165, 1.54) is 12.4 Å². The second kappa shape index (κ2) is 10.4. The molecule has 11 heteroatoms. The number of halogens is 1. The fraction of sp³-hybridized carbons (Fsp3) is 0.267. The maximum absolute atomic E-state index is 12.3. The summed E-state index contributed by atoms with van der Waals surface area (Å²) in [7, 11) is 1.89. The van der Waals surface area contributed by atoms with Gasteiger partial charge in [-0.05, 0) is 63.1 Å². The van der Waals surface area contributed by atoms with Gasteiger partial charge in [-0.2, -0.15) is 0 Å². The number of ether oxygens (including phenoxy) is 1. The molecule has 1 amide bonds. The molecule has 0 saturated carbocycles. The highest BCUT2D eigenvalue weighted by molar-refractivity contribution is 6.32. The molecule has 208 valence electrons. The van der Waals surface area contributed by atoms with Crippen LogP contribution in [0.5, 0.6) is 11.5 Å². The highest BCUT2D eigenvalue weighted by atomic mass is 35.5. The monoisotopic (exact) mass is 568 g/mol. The van der Waals surface area contributed by atoms with Crippen molar-refractivity contribution in [1.82, 2.24) is 34.4 Å². The van der Waals surface area contributed by atoms with E-state index in [1.807, 2.05) is 40.8 Å². The predicted octanol–water partition coefficient (Wildman–Crippen LogP) is 6.17. The topological polar surface area (TPSA) is 111 Å². The molecule has 0 spiro atoms. The minimum atomic E-state index is -0.306. The molecule has 1 aliphatic rings. The van der Waals surface area contributed by atoms with Crippen LogP contribution in [-0.2, 0) is 11.8 Å². The zero-order chi connectivity index (χ0) is 28.7. The standard InChI is InChI=1S/C30H29ClN8O2/c1-5-26(40)39-11-10-18(14-30(39,2)3)22-7-8-23-27(37-22)28(34-16-33-23)36-19-6-9-25(21(31)12-19)41-20-13-24-29(32-15-20)38(4)17-35-24/h5-9,12-13,15-18H,1,10-11,14H2,2-4H3,(H,33,34,36)/t18-/m1/s1. The molecule has 5 heterocycles. The number of hydrogen-bond donors (Lipinski definition) is 1. The Labute approximate surface area is 242 Å². The first-order valence-corrected chi connectivity index (χ1v) is 13.7. The molecule has 0 bridgehead atoms. The summed E-state index contributed by atoms with van der Waals surface area (Å²) in [5.41, 5.74) is 4.28. The van der Waals surface area contributed by atoms with Crippen molar-refractivity contribution in [2.45, 2.75) is 38.1 Å². The van der Waals surface area contributed by atoms with Gasteiger partial charge in [-0.1, -0.05) is 18.2 Å². The number of carbonyl (C=O) groups is 1. The van der Waals surface area contributed by atoms with Crippen molar-refractivity contribution in [3.8, 4) is 11.5 Å². The van der Waals surface area contributed by atoms with Gasteiger partial charge in [-0.25, -0.2) is 24.9 Å². The first kappa shape index (κ1) is 26.6. The number of piperidine rings is 1. The molecule has 41 heavy (non-hydrogen) atoms. The van der Waals surface area contributed by atoms with E-state index in [4.69, 9.17) is 21.3 Å². The van der Waals surface area contributed by atoms with Gasteiger partial charge in [-0.15, -0.1) is 0 Å². The quantitative estimate of drug-likeness (QED) is 0.242. The van der Waals surface area contributed by atoms with Crippen molar-refractivity contribution in [3.05, 3.63) is 78.6 Å². The zero-order valence-corrected chi connectivity index (χ0v) is 23.8. The van der Waals surface area contributed by atoms with Crippen LogP contribution >= 0.6 is 11.6 Å². The molecule has 1 aliphatic heterocycles. The van der Waals surface area contributed by atoms with Gasteiger partial charge < -0.3 is 19.5 Å². The van der Waals surface area contributed by atoms with Crippen LogP contribution in [0.2, 0.25) is 5.02 Å². The Morgan fingerprint density at radius 2 is 2.00 bits per heavy atom. The van der Waals surface area contributed by atoms with Gasteiger partial charge >= 0.3 is 0 Å². The molecule has 4 aromatic heterocycles. The lowest BCUT2D eigenvalue weighted by molar-refractivity contribution is -0.133. The molecule has 5 aromatic rings. The number of fused-ring (bicyclic) bond motifs is 2. The number of carbonyl (C=O) groups excluding carboxylic acids is 1. The Bertz CT molecular complexity index is 1800. The van der Waals surface area contributed by atoms with Crippen molar-refractivity contribution in [2.24, 2.45) is 7.05 Å². The number of nitrogens with one attached hydrogen (secondary N) is 1. The summed E-state index contributed by atoms with van der Waals surface area (Å²) in [6.07, 6.45) is 7.85. The average Bonchev–Trinajstić information content (AvgIpc) is 3.33. The molecule has 1 atom stereocenters. The third kappa shape index (κ3) is 5.18. The first-order valence-electron chi connectivity index (χ1n) is 13.3. The van der Waals surface area contributed by atoms with Gasteiger partial charge in [0.1, 0.15) is 28.9 Å². The van der Waals surface area contributed by atoms with E-state index >= 15 is 0 Å². The number of likely N-dealkylation sites (tertiary alicyclic amines) is 1. The summed E-state index contributed by atoms with van der Waals surface area (Å²) in [6, 6.07) is 11.2. The summed E-state index contributed by atoms with van der Waals surface area (Å²) < 4.78 is 7.84. The van der Waals surface area contributed by atoms with Gasteiger partial charge in [0.25, 0.3) is 0 Å². The number of rotatable bonds is 6. The van der Waals surface area contributed by atoms with Crippen LogP contribution < -0.4 is 10.1 Å². The number of pyridine rings is 2. The van der Waals surface area contributed by atoms with Crippen molar-refractivity contribution in [2.75, 3.05) is 11.9 Å². The van der Waals surface area contributed by atoms with Crippen LogP contribution in [0.1, 0.15) is 38.3 Å². The van der Waals surface area contributed by atoms with E-state index in [0.29, 0.717) is 34.4 Å². The lowest BCUT2D eigenvalue weighted by Crippen LogP contribution is -2.51. The summed E-state index contributed by atoms with van der Waals surface area (Å²) in [4.78, 5) is 36.8. The number of aryl methyl sites for hydroxylation is 1. The van der Waals surface area contributed by atoms with Crippen LogP contribution in [0.25, 0.3) is 22.2 Å². The maximum atomic E-state index is 12.3. The average molecular weight is 569 g/mol. The number of aromatic nitrogens is 6. The molecule has 10 nitrogen and oxygen atoms in total. The molecule has 0 unspecified atom stereocenters. The predicted molar refractivity (Wildman–Crippen MR) is 159 cm³/mol. The van der Waals surface area contributed by atoms with Gasteiger partial charge in [0.05, 0.1) is 23.1 Å². The molecule has 1 saturated heterocycles. The first-order chi connectivity index (χ1) is 19.7. The SMILES string of the molecule is C=CC(=O)N1CC[C@@H](c2ccc3ncnc(Nc4ccc(Oc5cnc6c(c5)ncn6C)c(Cl)c4)c3n2)CC1(C)C. The van der Waals surface area contributed by atoms with Gasteiger partial charge in [-0.3, -0.25) is 4.79 Å². The smallest absolute Gasteiger partial charge is 0.246 e. The van der Waals surface area contributed by atoms with Crippen LogP contribution in [-0.4, -0.2) is 52.4 Å². The van der Waals surface area contributed by atoms with Crippen LogP contribution in [0.3, 0.4) is 0 Å². The Morgan fingerprint density at radius 1 is 1.15 bits per heavy atom. The van der Waals surface area contributed by atoms with Crippen molar-refractivity contribution >= 4 is 51.2 Å². The molecule has 1 fully saturated rings. The molecule has 1 N–H and O–H groups in total. The third-order valence-corrected chi connectivity index (χ3v) is 7.78. The molecule has 0 radical (unpaired) electrons. The molecule has 0 aliphatic carbocycles. The highest BCUT2D eigenvalue weighted by Gasteiger charge is 2.37. The Hall–Kier alpha value is -4.57. The number of benzene rings is 1. The summed E-state index contributed by atoms with van der Waals surface area (Å²) >= 11 is 6.60.